The van der Waals surface area contributed by atoms with Crippen LogP contribution in [-0.2, 0) is 9.53 Å². The Labute approximate surface area is 191 Å². The summed E-state index contributed by atoms with van der Waals surface area (Å²) < 4.78 is 5.61. The second-order valence-electron chi connectivity index (χ2n) is 12.3. The summed E-state index contributed by atoms with van der Waals surface area (Å²) in [6, 6.07) is 0. The van der Waals surface area contributed by atoms with Crippen molar-refractivity contribution in [3.8, 4) is 0 Å². The molecule has 4 aliphatic rings. The maximum atomic E-state index is 11.5. The van der Waals surface area contributed by atoms with Crippen molar-refractivity contribution in [3.63, 3.8) is 0 Å². The first-order valence-corrected chi connectivity index (χ1v) is 13.2. The molecule has 4 aliphatic carbocycles. The lowest BCUT2D eigenvalue weighted by atomic mass is 9.47. The molecule has 4 rings (SSSR count). The van der Waals surface area contributed by atoms with E-state index < -0.39 is 0 Å². The first kappa shape index (κ1) is 23.1. The molecule has 0 heterocycles. The third kappa shape index (κ3) is 4.18. The summed E-state index contributed by atoms with van der Waals surface area (Å²) in [6.07, 6.45) is 16.7. The summed E-state index contributed by atoms with van der Waals surface area (Å²) in [5.74, 6) is 3.23. The molecule has 2 nitrogen and oxygen atoms in total. The second kappa shape index (κ2) is 8.71. The monoisotopic (exact) mass is 426 g/mol. The Bertz CT molecular complexity index is 759. The van der Waals surface area contributed by atoms with E-state index in [1.165, 1.54) is 57.8 Å². The maximum absolute atomic E-state index is 11.5. The van der Waals surface area contributed by atoms with Gasteiger partial charge in [-0.2, -0.15) is 0 Å². The predicted molar refractivity (Wildman–Crippen MR) is 129 cm³/mol. The largest absolute Gasteiger partial charge is 0.462 e. The SMILES string of the molecule is CC(=O)O[C@H]1CCC2(C)C(=CCC3C2CC[C@]2(C)/C(=C(\C)CCCC(C)C)CCC32)C1. The average Bonchev–Trinajstić information content (AvgIpc) is 3.05. The Morgan fingerprint density at radius 3 is 2.52 bits per heavy atom. The Morgan fingerprint density at radius 1 is 1.10 bits per heavy atom. The van der Waals surface area contributed by atoms with Crippen molar-refractivity contribution in [3.05, 3.63) is 22.8 Å². The van der Waals surface area contributed by atoms with Crippen molar-refractivity contribution in [1.82, 2.24) is 0 Å². The lowest BCUT2D eigenvalue weighted by Gasteiger charge is -2.57. The highest BCUT2D eigenvalue weighted by Crippen LogP contribution is 2.66. The van der Waals surface area contributed by atoms with Crippen LogP contribution in [0.25, 0.3) is 0 Å². The van der Waals surface area contributed by atoms with Gasteiger partial charge in [0.25, 0.3) is 0 Å². The van der Waals surface area contributed by atoms with Gasteiger partial charge in [0.1, 0.15) is 6.10 Å². The number of carbonyl (C=O) groups is 1. The molecule has 0 aromatic rings. The fourth-order valence-electron chi connectivity index (χ4n) is 8.40. The Morgan fingerprint density at radius 2 is 1.81 bits per heavy atom. The Kier molecular flexibility index (Phi) is 6.50. The highest BCUT2D eigenvalue weighted by molar-refractivity contribution is 5.66. The van der Waals surface area contributed by atoms with Crippen LogP contribution in [0.4, 0.5) is 0 Å². The summed E-state index contributed by atoms with van der Waals surface area (Å²) in [4.78, 5) is 11.5. The van der Waals surface area contributed by atoms with Crippen LogP contribution in [0.1, 0.15) is 112 Å². The van der Waals surface area contributed by atoms with E-state index in [1.807, 2.05) is 5.57 Å². The highest BCUT2D eigenvalue weighted by atomic mass is 16.5. The lowest BCUT2D eigenvalue weighted by molar-refractivity contribution is -0.148. The molecule has 174 valence electrons. The smallest absolute Gasteiger partial charge is 0.302 e. The summed E-state index contributed by atoms with van der Waals surface area (Å²) in [5, 5.41) is 0. The van der Waals surface area contributed by atoms with Gasteiger partial charge in [0.05, 0.1) is 0 Å². The summed E-state index contributed by atoms with van der Waals surface area (Å²) in [6.45, 7) is 13.9. The van der Waals surface area contributed by atoms with Gasteiger partial charge < -0.3 is 4.74 Å². The van der Waals surface area contributed by atoms with Gasteiger partial charge >= 0.3 is 5.97 Å². The molecule has 0 aliphatic heterocycles. The summed E-state index contributed by atoms with van der Waals surface area (Å²) >= 11 is 0. The second-order valence-corrected chi connectivity index (χ2v) is 12.3. The van der Waals surface area contributed by atoms with E-state index in [4.69, 9.17) is 4.74 Å². The van der Waals surface area contributed by atoms with E-state index in [-0.39, 0.29) is 12.1 Å². The number of fused-ring (bicyclic) bond motifs is 5. The molecule has 0 aromatic heterocycles. The van der Waals surface area contributed by atoms with Gasteiger partial charge in [0.15, 0.2) is 0 Å². The molecule has 0 N–H and O–H groups in total. The molecular weight excluding hydrogens is 380 g/mol. The van der Waals surface area contributed by atoms with Gasteiger partial charge in [-0.25, -0.2) is 0 Å². The van der Waals surface area contributed by atoms with Gasteiger partial charge in [-0.3, -0.25) is 4.79 Å². The number of hydrogen-bond acceptors (Lipinski definition) is 2. The van der Waals surface area contributed by atoms with Crippen LogP contribution < -0.4 is 0 Å². The van der Waals surface area contributed by atoms with Crippen molar-refractivity contribution in [2.24, 2.45) is 34.5 Å². The molecule has 0 amide bonds. The van der Waals surface area contributed by atoms with Crippen molar-refractivity contribution >= 4 is 5.97 Å². The van der Waals surface area contributed by atoms with Crippen molar-refractivity contribution in [2.45, 2.75) is 118 Å². The molecule has 3 saturated carbocycles. The number of esters is 1. The van der Waals surface area contributed by atoms with Gasteiger partial charge in [-0.15, -0.1) is 0 Å². The van der Waals surface area contributed by atoms with E-state index in [0.717, 1.165) is 36.5 Å². The normalized spacial score (nSPS) is 41.2. The van der Waals surface area contributed by atoms with Crippen LogP contribution in [0.2, 0.25) is 0 Å². The molecule has 0 bridgehead atoms. The minimum Gasteiger partial charge on any atom is -0.462 e. The number of rotatable bonds is 5. The Hall–Kier alpha value is -1.05. The molecule has 0 spiro atoms. The molecule has 0 aromatic carbocycles. The molecule has 6 atom stereocenters. The topological polar surface area (TPSA) is 26.3 Å². The zero-order valence-corrected chi connectivity index (χ0v) is 21.1. The standard InChI is InChI=1S/C29H46O2/c1-19(2)8-7-9-20(3)25-12-13-26-24-11-10-22-18-23(31-21(4)30)14-16-28(22,5)27(24)15-17-29(25,26)6/h10,19,23-24,26-27H,7-9,11-18H2,1-6H3/b25-20+/t23-,24?,26?,27?,28?,29+/m0/s1. The van der Waals surface area contributed by atoms with E-state index in [2.05, 4.69) is 40.7 Å². The predicted octanol–water partition coefficient (Wildman–Crippen LogP) is 8.02. The number of ether oxygens (including phenoxy) is 1. The fraction of sp³-hybridized carbons (Fsp3) is 0.828. The molecule has 31 heavy (non-hydrogen) atoms. The van der Waals surface area contributed by atoms with Crippen LogP contribution >= 0.6 is 0 Å². The minimum atomic E-state index is -0.120. The maximum Gasteiger partial charge on any atom is 0.302 e. The van der Waals surface area contributed by atoms with Crippen LogP contribution in [0.15, 0.2) is 22.8 Å². The lowest BCUT2D eigenvalue weighted by Crippen LogP contribution is -2.49. The highest BCUT2D eigenvalue weighted by Gasteiger charge is 2.57. The van der Waals surface area contributed by atoms with Crippen molar-refractivity contribution in [1.29, 1.82) is 0 Å². The zero-order chi connectivity index (χ0) is 22.4. The number of hydrogen-bond donors (Lipinski definition) is 0. The third-order valence-electron chi connectivity index (χ3n) is 10.0. The van der Waals surface area contributed by atoms with Crippen molar-refractivity contribution < 1.29 is 9.53 Å². The molecule has 4 unspecified atom stereocenters. The number of allylic oxidation sites excluding steroid dienone is 3. The van der Waals surface area contributed by atoms with E-state index in [0.29, 0.717) is 10.8 Å². The molecule has 2 heteroatoms. The minimum absolute atomic E-state index is 0.108. The van der Waals surface area contributed by atoms with E-state index in [1.54, 1.807) is 18.1 Å². The Balaban J connectivity index is 1.52. The first-order valence-electron chi connectivity index (χ1n) is 13.2. The number of carbonyl (C=O) groups excluding carboxylic acids is 1. The van der Waals surface area contributed by atoms with Crippen LogP contribution in [-0.4, -0.2) is 12.1 Å². The van der Waals surface area contributed by atoms with Crippen molar-refractivity contribution in [2.75, 3.05) is 0 Å². The fourth-order valence-corrected chi connectivity index (χ4v) is 8.40. The quantitative estimate of drug-likeness (QED) is 0.328. The van der Waals surface area contributed by atoms with Crippen LogP contribution in [0.5, 0.6) is 0 Å². The third-order valence-corrected chi connectivity index (χ3v) is 10.0. The van der Waals surface area contributed by atoms with Gasteiger partial charge in [-0.1, -0.05) is 56.9 Å². The van der Waals surface area contributed by atoms with Crippen LogP contribution in [0, 0.1) is 34.5 Å². The molecular formula is C29H46O2. The molecule has 0 saturated heterocycles. The summed E-state index contributed by atoms with van der Waals surface area (Å²) in [5.41, 5.74) is 5.95. The van der Waals surface area contributed by atoms with Crippen LogP contribution in [0.3, 0.4) is 0 Å². The average molecular weight is 427 g/mol. The summed E-state index contributed by atoms with van der Waals surface area (Å²) in [7, 11) is 0. The van der Waals surface area contributed by atoms with E-state index in [9.17, 15) is 4.79 Å². The van der Waals surface area contributed by atoms with E-state index >= 15 is 0 Å². The van der Waals surface area contributed by atoms with Gasteiger partial charge in [-0.05, 0) is 99.2 Å². The molecule has 0 radical (unpaired) electrons. The van der Waals surface area contributed by atoms with Gasteiger partial charge in [0.2, 0.25) is 0 Å². The zero-order valence-electron chi connectivity index (χ0n) is 21.1. The van der Waals surface area contributed by atoms with Gasteiger partial charge in [0, 0.05) is 13.3 Å². The molecule has 3 fully saturated rings. The first-order chi connectivity index (χ1) is 14.6.